The number of rotatable bonds is 5. The number of nitrogens with zero attached hydrogens (tertiary/aromatic N) is 2. The molecule has 2 aromatic rings. The predicted octanol–water partition coefficient (Wildman–Crippen LogP) is 3.67. The Morgan fingerprint density at radius 1 is 0.968 bits per heavy atom. The zero-order chi connectivity index (χ0) is 21.2. The van der Waals surface area contributed by atoms with Crippen molar-refractivity contribution in [2.45, 2.75) is 32.5 Å². The maximum Gasteiger partial charge on any atom is 0.231 e. The summed E-state index contributed by atoms with van der Waals surface area (Å²) in [7, 11) is 0. The van der Waals surface area contributed by atoms with Crippen molar-refractivity contribution in [3.05, 3.63) is 52.0 Å². The fourth-order valence-corrected chi connectivity index (χ4v) is 4.97. The van der Waals surface area contributed by atoms with Gasteiger partial charge in [0.25, 0.3) is 0 Å². The van der Waals surface area contributed by atoms with Gasteiger partial charge in [-0.15, -0.1) is 0 Å². The molecule has 3 heterocycles. The molecule has 0 spiro atoms. The Labute approximate surface area is 188 Å². The lowest BCUT2D eigenvalue weighted by Crippen LogP contribution is -2.36. The molecular formula is C24H29ClN2O4. The van der Waals surface area contributed by atoms with Gasteiger partial charge in [-0.25, -0.2) is 0 Å². The van der Waals surface area contributed by atoms with E-state index in [0.717, 1.165) is 69.2 Å². The van der Waals surface area contributed by atoms with Gasteiger partial charge >= 0.3 is 0 Å². The van der Waals surface area contributed by atoms with Gasteiger partial charge in [-0.2, -0.15) is 0 Å². The van der Waals surface area contributed by atoms with Gasteiger partial charge in [0.05, 0.1) is 0 Å². The van der Waals surface area contributed by atoms with Crippen LogP contribution in [0.25, 0.3) is 0 Å². The summed E-state index contributed by atoms with van der Waals surface area (Å²) in [6.45, 7) is 6.54. The van der Waals surface area contributed by atoms with Gasteiger partial charge in [-0.05, 0) is 54.6 Å². The zero-order valence-electron chi connectivity index (χ0n) is 17.7. The summed E-state index contributed by atoms with van der Waals surface area (Å²) < 4.78 is 17.0. The predicted molar refractivity (Wildman–Crippen MR) is 119 cm³/mol. The van der Waals surface area contributed by atoms with E-state index in [2.05, 4.69) is 28.0 Å². The van der Waals surface area contributed by atoms with Crippen molar-refractivity contribution >= 4 is 11.6 Å². The van der Waals surface area contributed by atoms with Crippen LogP contribution >= 0.6 is 11.6 Å². The Balaban J connectivity index is 1.29. The molecule has 1 fully saturated rings. The summed E-state index contributed by atoms with van der Waals surface area (Å²) in [5.41, 5.74) is 3.54. The first-order chi connectivity index (χ1) is 15.2. The molecule has 31 heavy (non-hydrogen) atoms. The number of benzene rings is 2. The molecule has 0 amide bonds. The molecule has 0 aliphatic carbocycles. The van der Waals surface area contributed by atoms with Crippen LogP contribution in [0.4, 0.5) is 0 Å². The van der Waals surface area contributed by atoms with Crippen LogP contribution < -0.4 is 14.2 Å². The molecule has 1 saturated heterocycles. The lowest BCUT2D eigenvalue weighted by Gasteiger charge is -2.32. The molecule has 3 aliphatic heterocycles. The van der Waals surface area contributed by atoms with Crippen molar-refractivity contribution in [3.63, 3.8) is 0 Å². The molecule has 5 rings (SSSR count). The maximum atomic E-state index is 9.51. The minimum Gasteiger partial charge on any atom is -0.492 e. The van der Waals surface area contributed by atoms with Crippen molar-refractivity contribution < 1.29 is 19.3 Å². The van der Waals surface area contributed by atoms with Gasteiger partial charge in [-0.3, -0.25) is 9.80 Å². The highest BCUT2D eigenvalue weighted by Gasteiger charge is 2.22. The molecule has 2 aromatic carbocycles. The van der Waals surface area contributed by atoms with E-state index in [0.29, 0.717) is 23.3 Å². The van der Waals surface area contributed by atoms with E-state index >= 15 is 0 Å². The molecular weight excluding hydrogens is 416 g/mol. The van der Waals surface area contributed by atoms with Gasteiger partial charge in [0.2, 0.25) is 6.79 Å². The van der Waals surface area contributed by atoms with Crippen LogP contribution in [-0.4, -0.2) is 54.5 Å². The molecule has 7 heteroatoms. The molecule has 166 valence electrons. The first-order valence-electron chi connectivity index (χ1n) is 11.1. The summed E-state index contributed by atoms with van der Waals surface area (Å²) >= 11 is 6.51. The fraction of sp³-hybridized carbons (Fsp3) is 0.500. The summed E-state index contributed by atoms with van der Waals surface area (Å²) in [5.74, 6) is 2.84. The van der Waals surface area contributed by atoms with Gasteiger partial charge in [0.1, 0.15) is 12.4 Å². The maximum absolute atomic E-state index is 9.51. The third-order valence-corrected chi connectivity index (χ3v) is 6.74. The molecule has 0 bridgehead atoms. The van der Waals surface area contributed by atoms with E-state index in [1.165, 1.54) is 11.1 Å². The topological polar surface area (TPSA) is 54.4 Å². The standard InChI is InChI=1S/C24H29ClN2O4/c25-21-10-24-23(30-16-31-24)9-19(21)13-27-6-7-29-22-4-3-17(8-20(22)14-27)11-26-5-1-2-18(12-26)15-28/h3-4,8-10,18,28H,1-2,5-7,11-16H2/t18-/m1/s1. The fourth-order valence-electron chi connectivity index (χ4n) is 4.76. The number of likely N-dealkylation sites (tertiary alicyclic amines) is 1. The first-order valence-corrected chi connectivity index (χ1v) is 11.4. The van der Waals surface area contributed by atoms with Crippen molar-refractivity contribution in [3.8, 4) is 17.2 Å². The van der Waals surface area contributed by atoms with Crippen molar-refractivity contribution in [2.75, 3.05) is 39.6 Å². The van der Waals surface area contributed by atoms with Crippen molar-refractivity contribution in [1.29, 1.82) is 0 Å². The number of hydrogen-bond donors (Lipinski definition) is 1. The second-order valence-corrected chi connectivity index (χ2v) is 9.13. The van der Waals surface area contributed by atoms with Crippen molar-refractivity contribution in [2.24, 2.45) is 5.92 Å². The average molecular weight is 445 g/mol. The van der Waals surface area contributed by atoms with E-state index in [4.69, 9.17) is 25.8 Å². The van der Waals surface area contributed by atoms with Crippen LogP contribution in [0, 0.1) is 5.92 Å². The highest BCUT2D eigenvalue weighted by Crippen LogP contribution is 2.37. The van der Waals surface area contributed by atoms with Crippen LogP contribution in [0.3, 0.4) is 0 Å². The third-order valence-electron chi connectivity index (χ3n) is 6.39. The largest absolute Gasteiger partial charge is 0.492 e. The number of piperidine rings is 1. The van der Waals surface area contributed by atoms with Gasteiger partial charge in [-0.1, -0.05) is 17.7 Å². The Hall–Kier alpha value is -1.99. The van der Waals surface area contributed by atoms with E-state index in [-0.39, 0.29) is 13.4 Å². The number of aliphatic hydroxyl groups is 1. The minimum absolute atomic E-state index is 0.249. The van der Waals surface area contributed by atoms with Crippen molar-refractivity contribution in [1.82, 2.24) is 9.80 Å². The number of halogens is 1. The van der Waals surface area contributed by atoms with E-state index < -0.39 is 0 Å². The normalized spacial score (nSPS) is 21.4. The quantitative estimate of drug-likeness (QED) is 0.759. The van der Waals surface area contributed by atoms with Crippen LogP contribution in [0.1, 0.15) is 29.5 Å². The Bertz CT molecular complexity index is 938. The molecule has 0 saturated carbocycles. The molecule has 3 aliphatic rings. The van der Waals surface area contributed by atoms with Crippen LogP contribution in [0.2, 0.25) is 5.02 Å². The summed E-state index contributed by atoms with van der Waals surface area (Å²) in [6.07, 6.45) is 2.28. The number of fused-ring (bicyclic) bond motifs is 2. The first kappa shape index (κ1) is 20.9. The number of hydrogen-bond acceptors (Lipinski definition) is 6. The Morgan fingerprint density at radius 2 is 1.84 bits per heavy atom. The highest BCUT2D eigenvalue weighted by atomic mass is 35.5. The van der Waals surface area contributed by atoms with E-state index in [1.807, 2.05) is 12.1 Å². The Morgan fingerprint density at radius 3 is 2.71 bits per heavy atom. The lowest BCUT2D eigenvalue weighted by molar-refractivity contribution is 0.116. The summed E-state index contributed by atoms with van der Waals surface area (Å²) in [4.78, 5) is 4.82. The summed E-state index contributed by atoms with van der Waals surface area (Å²) in [5, 5.41) is 10.2. The van der Waals surface area contributed by atoms with Crippen LogP contribution in [0.5, 0.6) is 17.2 Å². The second-order valence-electron chi connectivity index (χ2n) is 8.72. The SMILES string of the molecule is OC[C@@H]1CCCN(Cc2ccc3c(c2)CN(Cc2cc4c(cc2Cl)OCO4)CCO3)C1. The van der Waals surface area contributed by atoms with Crippen LogP contribution in [0.15, 0.2) is 30.3 Å². The lowest BCUT2D eigenvalue weighted by atomic mass is 9.98. The van der Waals surface area contributed by atoms with Gasteiger partial charge < -0.3 is 19.3 Å². The second kappa shape index (κ2) is 9.25. The van der Waals surface area contributed by atoms with Crippen LogP contribution in [-0.2, 0) is 19.6 Å². The zero-order valence-corrected chi connectivity index (χ0v) is 18.4. The molecule has 0 radical (unpaired) electrons. The highest BCUT2D eigenvalue weighted by molar-refractivity contribution is 6.31. The summed E-state index contributed by atoms with van der Waals surface area (Å²) in [6, 6.07) is 10.4. The molecule has 6 nitrogen and oxygen atoms in total. The molecule has 0 aromatic heterocycles. The third kappa shape index (κ3) is 4.77. The molecule has 1 atom stereocenters. The average Bonchev–Trinajstić information content (AvgIpc) is 3.12. The van der Waals surface area contributed by atoms with Gasteiger partial charge in [0.15, 0.2) is 11.5 Å². The number of aliphatic hydroxyl groups excluding tert-OH is 1. The number of ether oxygens (including phenoxy) is 3. The van der Waals surface area contributed by atoms with E-state index in [9.17, 15) is 5.11 Å². The molecule has 1 N–H and O–H groups in total. The monoisotopic (exact) mass is 444 g/mol. The smallest absolute Gasteiger partial charge is 0.231 e. The Kier molecular flexibility index (Phi) is 6.23. The molecule has 0 unspecified atom stereocenters. The minimum atomic E-state index is 0.249. The van der Waals surface area contributed by atoms with Gasteiger partial charge in [0, 0.05) is 56.0 Å². The van der Waals surface area contributed by atoms with E-state index in [1.54, 1.807) is 0 Å².